The van der Waals surface area contributed by atoms with Crippen molar-refractivity contribution in [2.75, 3.05) is 6.61 Å². The van der Waals surface area contributed by atoms with E-state index >= 15 is 0 Å². The second-order valence-corrected chi connectivity index (χ2v) is 6.88. The molecule has 0 aromatic carbocycles. The molecule has 24 heavy (non-hydrogen) atoms. The van der Waals surface area contributed by atoms with Crippen molar-refractivity contribution in [1.82, 2.24) is 10.3 Å². The topological polar surface area (TPSA) is 51.2 Å². The highest BCUT2D eigenvalue weighted by atomic mass is 19.4. The summed E-state index contributed by atoms with van der Waals surface area (Å²) < 4.78 is 41.6. The molecule has 2 saturated carbocycles. The van der Waals surface area contributed by atoms with Crippen LogP contribution < -0.4 is 10.1 Å². The third-order valence-corrected chi connectivity index (χ3v) is 5.09. The van der Waals surface area contributed by atoms with Crippen molar-refractivity contribution in [3.63, 3.8) is 0 Å². The van der Waals surface area contributed by atoms with Crippen LogP contribution >= 0.6 is 0 Å². The predicted octanol–water partition coefficient (Wildman–Crippen LogP) is 3.61. The molecule has 1 N–H and O–H groups in total. The van der Waals surface area contributed by atoms with Gasteiger partial charge in [0.1, 0.15) is 5.75 Å². The van der Waals surface area contributed by atoms with Gasteiger partial charge in [-0.15, -0.1) is 0 Å². The van der Waals surface area contributed by atoms with Crippen molar-refractivity contribution >= 4 is 5.91 Å². The summed E-state index contributed by atoms with van der Waals surface area (Å²) in [6.45, 7) is -1.22. The van der Waals surface area contributed by atoms with E-state index in [2.05, 4.69) is 10.3 Å². The number of nitrogens with zero attached hydrogens (tertiary/aromatic N) is 1. The number of carbonyl (C=O) groups excluding carboxylic acids is 1. The maximum absolute atomic E-state index is 12.3. The Bertz CT molecular complexity index is 590. The Labute approximate surface area is 138 Å². The molecule has 0 radical (unpaired) electrons. The maximum atomic E-state index is 12.3. The molecule has 2 aliphatic rings. The Morgan fingerprint density at radius 3 is 2.62 bits per heavy atom. The molecule has 0 atom stereocenters. The van der Waals surface area contributed by atoms with Crippen LogP contribution in [0.3, 0.4) is 0 Å². The Morgan fingerprint density at radius 1 is 1.29 bits per heavy atom. The van der Waals surface area contributed by atoms with Gasteiger partial charge in [0.25, 0.3) is 0 Å². The van der Waals surface area contributed by atoms with Gasteiger partial charge in [-0.2, -0.15) is 13.2 Å². The lowest BCUT2D eigenvalue weighted by molar-refractivity contribution is -0.153. The van der Waals surface area contributed by atoms with Gasteiger partial charge in [0.05, 0.1) is 6.20 Å². The highest BCUT2D eigenvalue weighted by Crippen LogP contribution is 2.57. The molecule has 1 amide bonds. The number of pyridine rings is 1. The smallest absolute Gasteiger partial charge is 0.422 e. The number of amides is 1. The predicted molar refractivity (Wildman–Crippen MR) is 81.3 cm³/mol. The number of carbonyl (C=O) groups is 1. The van der Waals surface area contributed by atoms with Crippen molar-refractivity contribution in [3.8, 4) is 5.75 Å². The lowest BCUT2D eigenvalue weighted by Gasteiger charge is -2.27. The Kier molecular flexibility index (Phi) is 4.69. The SMILES string of the molecule is O=C(NCc1ccncc1OCC(F)(F)F)C1CCC2(CC1)CC2. The number of aromatic nitrogens is 1. The first kappa shape index (κ1) is 17.0. The molecule has 0 bridgehead atoms. The van der Waals surface area contributed by atoms with Crippen LogP contribution in [0.4, 0.5) is 13.2 Å². The average Bonchev–Trinajstić information content (AvgIpc) is 3.30. The first-order valence-corrected chi connectivity index (χ1v) is 8.27. The van der Waals surface area contributed by atoms with E-state index < -0.39 is 12.8 Å². The first-order valence-electron chi connectivity index (χ1n) is 8.27. The van der Waals surface area contributed by atoms with Crippen molar-refractivity contribution in [2.24, 2.45) is 11.3 Å². The average molecular weight is 342 g/mol. The minimum absolute atomic E-state index is 0.0117. The van der Waals surface area contributed by atoms with Crippen LogP contribution in [0.1, 0.15) is 44.1 Å². The van der Waals surface area contributed by atoms with Crippen LogP contribution in [0, 0.1) is 11.3 Å². The second-order valence-electron chi connectivity index (χ2n) is 6.88. The van der Waals surface area contributed by atoms with Gasteiger partial charge in [0.2, 0.25) is 5.91 Å². The number of rotatable bonds is 5. The van der Waals surface area contributed by atoms with E-state index in [4.69, 9.17) is 4.74 Å². The van der Waals surface area contributed by atoms with Crippen molar-refractivity contribution < 1.29 is 22.7 Å². The summed E-state index contributed by atoms with van der Waals surface area (Å²) >= 11 is 0. The summed E-state index contributed by atoms with van der Waals surface area (Å²) in [6.07, 6.45) is 4.91. The summed E-state index contributed by atoms with van der Waals surface area (Å²) in [6, 6.07) is 1.56. The summed E-state index contributed by atoms with van der Waals surface area (Å²) in [5.41, 5.74) is 1.03. The fraction of sp³-hybridized carbons (Fsp3) is 0.647. The van der Waals surface area contributed by atoms with E-state index in [0.29, 0.717) is 11.0 Å². The molecule has 1 aromatic rings. The minimum atomic E-state index is -4.41. The van der Waals surface area contributed by atoms with Crippen LogP contribution in [-0.2, 0) is 11.3 Å². The van der Waals surface area contributed by atoms with Crippen molar-refractivity contribution in [2.45, 2.75) is 51.2 Å². The molecule has 132 valence electrons. The van der Waals surface area contributed by atoms with Gasteiger partial charge in [0, 0.05) is 24.2 Å². The van der Waals surface area contributed by atoms with Crippen LogP contribution in [0.2, 0.25) is 0 Å². The van der Waals surface area contributed by atoms with Crippen LogP contribution in [-0.4, -0.2) is 23.7 Å². The van der Waals surface area contributed by atoms with Gasteiger partial charge in [-0.1, -0.05) is 0 Å². The zero-order valence-electron chi connectivity index (χ0n) is 13.4. The van der Waals surface area contributed by atoms with Gasteiger partial charge in [0.15, 0.2) is 6.61 Å². The largest absolute Gasteiger partial charge is 0.482 e. The third kappa shape index (κ3) is 4.39. The maximum Gasteiger partial charge on any atom is 0.422 e. The normalized spacial score (nSPS) is 20.0. The van der Waals surface area contributed by atoms with Crippen molar-refractivity contribution in [3.05, 3.63) is 24.0 Å². The minimum Gasteiger partial charge on any atom is -0.482 e. The van der Waals surface area contributed by atoms with E-state index in [1.165, 1.54) is 25.2 Å². The van der Waals surface area contributed by atoms with E-state index in [0.717, 1.165) is 25.7 Å². The van der Waals surface area contributed by atoms with Crippen LogP contribution in [0.5, 0.6) is 5.75 Å². The molecule has 1 spiro atoms. The van der Waals surface area contributed by atoms with Crippen LogP contribution in [0.15, 0.2) is 18.5 Å². The lowest BCUT2D eigenvalue weighted by atomic mass is 9.79. The highest BCUT2D eigenvalue weighted by molar-refractivity contribution is 5.78. The summed E-state index contributed by atoms with van der Waals surface area (Å²) in [5.74, 6) is 0.0393. The summed E-state index contributed by atoms with van der Waals surface area (Å²) in [7, 11) is 0. The second kappa shape index (κ2) is 6.61. The zero-order valence-corrected chi connectivity index (χ0v) is 13.4. The molecule has 0 aliphatic heterocycles. The summed E-state index contributed by atoms with van der Waals surface area (Å²) in [5, 5.41) is 2.83. The number of alkyl halides is 3. The third-order valence-electron chi connectivity index (χ3n) is 5.09. The summed E-state index contributed by atoms with van der Waals surface area (Å²) in [4.78, 5) is 16.1. The number of hydrogen-bond donors (Lipinski definition) is 1. The van der Waals surface area contributed by atoms with Gasteiger partial charge < -0.3 is 10.1 Å². The van der Waals surface area contributed by atoms with Gasteiger partial charge in [-0.3, -0.25) is 9.78 Å². The molecule has 0 unspecified atom stereocenters. The van der Waals surface area contributed by atoms with Gasteiger partial charge in [-0.05, 0) is 50.0 Å². The number of nitrogens with one attached hydrogen (secondary N) is 1. The van der Waals surface area contributed by atoms with E-state index in [-0.39, 0.29) is 24.1 Å². The van der Waals surface area contributed by atoms with Crippen molar-refractivity contribution in [1.29, 1.82) is 0 Å². The number of ether oxygens (including phenoxy) is 1. The molecule has 2 aliphatic carbocycles. The van der Waals surface area contributed by atoms with E-state index in [1.54, 1.807) is 6.07 Å². The quantitative estimate of drug-likeness (QED) is 0.889. The van der Waals surface area contributed by atoms with Gasteiger partial charge >= 0.3 is 6.18 Å². The molecule has 4 nitrogen and oxygen atoms in total. The molecular weight excluding hydrogens is 321 g/mol. The van der Waals surface area contributed by atoms with Crippen LogP contribution in [0.25, 0.3) is 0 Å². The Hall–Kier alpha value is -1.79. The standard InChI is InChI=1S/C17H21F3N2O2/c18-17(19,20)11-24-14-10-21-8-3-13(14)9-22-15(23)12-1-4-16(5-2-12)6-7-16/h3,8,10,12H,1-2,4-7,9,11H2,(H,22,23). The molecule has 1 aromatic heterocycles. The molecule has 7 heteroatoms. The molecule has 0 saturated heterocycles. The first-order chi connectivity index (χ1) is 11.4. The Balaban J connectivity index is 1.51. The highest BCUT2D eigenvalue weighted by Gasteiger charge is 2.45. The molecule has 3 rings (SSSR count). The Morgan fingerprint density at radius 2 is 2.00 bits per heavy atom. The zero-order chi connectivity index (χ0) is 17.2. The molecule has 2 fully saturated rings. The fourth-order valence-corrected chi connectivity index (χ4v) is 3.34. The molecular formula is C17H21F3N2O2. The van der Waals surface area contributed by atoms with E-state index in [1.807, 2.05) is 0 Å². The van der Waals surface area contributed by atoms with E-state index in [9.17, 15) is 18.0 Å². The van der Waals surface area contributed by atoms with Gasteiger partial charge in [-0.25, -0.2) is 0 Å². The monoisotopic (exact) mass is 342 g/mol. The number of hydrogen-bond acceptors (Lipinski definition) is 3. The lowest BCUT2D eigenvalue weighted by Crippen LogP contribution is -2.33. The fourth-order valence-electron chi connectivity index (χ4n) is 3.34. The molecule has 1 heterocycles. The number of halogens is 3.